The lowest BCUT2D eigenvalue weighted by atomic mass is 10.1. The molecular formula is C26H25N7O5S. The standard InChI is InChI=1S/C26H25N7O5S/c1-3-11-32-23(15-27-21-10-6-8-17-7-4-5-9-20(17)21)29-31-26(32)39-16-24(34)30-28-14-18-12-19(33(36)37)13-22(38-2)25(18)35/h3-10,12-14,27,35H,1,11,15-16H2,2H3,(H,30,34). The summed E-state index contributed by atoms with van der Waals surface area (Å²) in [5.41, 5.74) is 3.03. The van der Waals surface area contributed by atoms with E-state index >= 15 is 0 Å². The summed E-state index contributed by atoms with van der Waals surface area (Å²) in [6, 6.07) is 16.3. The Bertz CT molecular complexity index is 1550. The van der Waals surface area contributed by atoms with Crippen LogP contribution in [0.3, 0.4) is 0 Å². The van der Waals surface area contributed by atoms with Crippen molar-refractivity contribution in [3.05, 3.63) is 88.8 Å². The lowest BCUT2D eigenvalue weighted by Gasteiger charge is -2.11. The molecular weight excluding hydrogens is 522 g/mol. The average molecular weight is 548 g/mol. The van der Waals surface area contributed by atoms with Gasteiger partial charge in [0.05, 0.1) is 36.6 Å². The number of hydrogen-bond donors (Lipinski definition) is 3. The van der Waals surface area contributed by atoms with Crippen molar-refractivity contribution < 1.29 is 19.6 Å². The molecule has 0 aliphatic heterocycles. The third-order valence-corrected chi connectivity index (χ3v) is 6.54. The van der Waals surface area contributed by atoms with Crippen molar-refractivity contribution in [2.45, 2.75) is 18.2 Å². The molecule has 200 valence electrons. The highest BCUT2D eigenvalue weighted by atomic mass is 32.2. The summed E-state index contributed by atoms with van der Waals surface area (Å²) in [6.07, 6.45) is 2.82. The minimum atomic E-state index is -0.625. The number of ether oxygens (including phenoxy) is 1. The van der Waals surface area contributed by atoms with Crippen molar-refractivity contribution >= 4 is 46.0 Å². The second-order valence-corrected chi connectivity index (χ2v) is 9.05. The number of carbonyl (C=O) groups is 1. The molecule has 0 spiro atoms. The molecule has 0 unspecified atom stereocenters. The van der Waals surface area contributed by atoms with Crippen molar-refractivity contribution in [1.29, 1.82) is 0 Å². The van der Waals surface area contributed by atoms with Crippen LogP contribution in [0.1, 0.15) is 11.4 Å². The number of aromatic nitrogens is 3. The van der Waals surface area contributed by atoms with Crippen LogP contribution in [-0.2, 0) is 17.9 Å². The Labute approximate surface area is 227 Å². The Morgan fingerprint density at radius 1 is 1.26 bits per heavy atom. The first kappa shape index (κ1) is 27.1. The number of non-ortho nitro benzene ring substituents is 1. The lowest BCUT2D eigenvalue weighted by Crippen LogP contribution is -2.20. The van der Waals surface area contributed by atoms with Gasteiger partial charge in [-0.05, 0) is 11.5 Å². The number of rotatable bonds is 12. The number of benzene rings is 3. The second-order valence-electron chi connectivity index (χ2n) is 8.10. The highest BCUT2D eigenvalue weighted by Crippen LogP contribution is 2.33. The number of amides is 1. The molecule has 1 heterocycles. The highest BCUT2D eigenvalue weighted by molar-refractivity contribution is 7.99. The van der Waals surface area contributed by atoms with Crippen molar-refractivity contribution in [1.82, 2.24) is 20.2 Å². The van der Waals surface area contributed by atoms with E-state index in [1.807, 2.05) is 47.0 Å². The molecule has 3 aromatic carbocycles. The van der Waals surface area contributed by atoms with Crippen LogP contribution in [0.4, 0.5) is 11.4 Å². The third kappa shape index (κ3) is 6.51. The second kappa shape index (κ2) is 12.6. The quantitative estimate of drug-likeness (QED) is 0.0781. The van der Waals surface area contributed by atoms with Crippen LogP contribution in [0.15, 0.2) is 77.5 Å². The Kier molecular flexibility index (Phi) is 8.74. The molecule has 3 N–H and O–H groups in total. The Morgan fingerprint density at radius 3 is 2.82 bits per heavy atom. The predicted octanol–water partition coefficient (Wildman–Crippen LogP) is 4.09. The smallest absolute Gasteiger partial charge is 0.274 e. The SMILES string of the molecule is C=CCn1c(CNc2cccc3ccccc23)nnc1SCC(=O)NN=Cc1cc([N+](=O)[O-])cc(OC)c1O. The summed E-state index contributed by atoms with van der Waals surface area (Å²) in [5.74, 6) is -0.207. The maximum atomic E-state index is 12.4. The zero-order chi connectivity index (χ0) is 27.8. The normalized spacial score (nSPS) is 11.0. The van der Waals surface area contributed by atoms with Gasteiger partial charge in [-0.15, -0.1) is 16.8 Å². The number of allylic oxidation sites excluding steroid dienone is 1. The Morgan fingerprint density at radius 2 is 2.05 bits per heavy atom. The van der Waals surface area contributed by atoms with Crippen LogP contribution < -0.4 is 15.5 Å². The van der Waals surface area contributed by atoms with Gasteiger partial charge in [-0.25, -0.2) is 5.43 Å². The van der Waals surface area contributed by atoms with E-state index in [1.54, 1.807) is 6.08 Å². The van der Waals surface area contributed by atoms with Gasteiger partial charge < -0.3 is 19.7 Å². The molecule has 4 aromatic rings. The fourth-order valence-electron chi connectivity index (χ4n) is 3.73. The zero-order valence-electron chi connectivity index (χ0n) is 20.9. The van der Waals surface area contributed by atoms with Gasteiger partial charge in [-0.2, -0.15) is 5.10 Å². The average Bonchev–Trinajstić information content (AvgIpc) is 3.32. The van der Waals surface area contributed by atoms with E-state index in [0.29, 0.717) is 24.1 Å². The molecule has 4 rings (SSSR count). The summed E-state index contributed by atoms with van der Waals surface area (Å²) in [4.78, 5) is 22.8. The minimum absolute atomic E-state index is 0.0167. The molecule has 0 saturated heterocycles. The summed E-state index contributed by atoms with van der Waals surface area (Å²) in [6.45, 7) is 4.67. The number of thioether (sulfide) groups is 1. The van der Waals surface area contributed by atoms with E-state index in [1.165, 1.54) is 18.9 Å². The number of fused-ring (bicyclic) bond motifs is 1. The van der Waals surface area contributed by atoms with Gasteiger partial charge in [-0.3, -0.25) is 14.9 Å². The van der Waals surface area contributed by atoms with E-state index < -0.39 is 10.8 Å². The number of anilines is 1. The number of phenolic OH excluding ortho intramolecular Hbond substituents is 1. The summed E-state index contributed by atoms with van der Waals surface area (Å²) >= 11 is 1.17. The number of nitro benzene ring substituents is 1. The largest absolute Gasteiger partial charge is 0.504 e. The molecule has 1 amide bonds. The van der Waals surface area contributed by atoms with Crippen LogP contribution in [0.2, 0.25) is 0 Å². The predicted molar refractivity (Wildman–Crippen MR) is 149 cm³/mol. The maximum absolute atomic E-state index is 12.4. The molecule has 0 aliphatic carbocycles. The number of phenols is 1. The molecule has 0 saturated carbocycles. The van der Waals surface area contributed by atoms with Gasteiger partial charge in [0.2, 0.25) is 0 Å². The summed E-state index contributed by atoms with van der Waals surface area (Å²) < 4.78 is 6.81. The molecule has 39 heavy (non-hydrogen) atoms. The van der Waals surface area contributed by atoms with Crippen LogP contribution in [0.25, 0.3) is 10.8 Å². The molecule has 0 atom stereocenters. The first-order chi connectivity index (χ1) is 18.9. The van der Waals surface area contributed by atoms with E-state index in [0.717, 1.165) is 34.8 Å². The number of carbonyl (C=O) groups excluding carboxylic acids is 1. The number of hydrazone groups is 1. The fraction of sp³-hybridized carbons (Fsp3) is 0.154. The van der Waals surface area contributed by atoms with Gasteiger partial charge in [0, 0.05) is 29.2 Å². The fourth-order valence-corrected chi connectivity index (χ4v) is 4.49. The van der Waals surface area contributed by atoms with Crippen LogP contribution in [-0.4, -0.2) is 49.8 Å². The van der Waals surface area contributed by atoms with E-state index in [9.17, 15) is 20.0 Å². The van der Waals surface area contributed by atoms with Crippen LogP contribution in [0, 0.1) is 10.1 Å². The van der Waals surface area contributed by atoms with Crippen molar-refractivity contribution in [3.8, 4) is 11.5 Å². The van der Waals surface area contributed by atoms with Crippen LogP contribution in [0.5, 0.6) is 11.5 Å². The summed E-state index contributed by atoms with van der Waals surface area (Å²) in [5, 5.41) is 39.8. The maximum Gasteiger partial charge on any atom is 0.274 e. The molecule has 0 radical (unpaired) electrons. The third-order valence-electron chi connectivity index (χ3n) is 5.58. The molecule has 0 aliphatic rings. The molecule has 1 aromatic heterocycles. The summed E-state index contributed by atoms with van der Waals surface area (Å²) in [7, 11) is 1.27. The number of aromatic hydroxyl groups is 1. The van der Waals surface area contributed by atoms with Crippen molar-refractivity contribution in [2.75, 3.05) is 18.2 Å². The van der Waals surface area contributed by atoms with Crippen molar-refractivity contribution in [2.24, 2.45) is 5.10 Å². The number of methoxy groups -OCH3 is 1. The lowest BCUT2D eigenvalue weighted by molar-refractivity contribution is -0.385. The zero-order valence-corrected chi connectivity index (χ0v) is 21.7. The molecule has 12 nitrogen and oxygen atoms in total. The van der Waals surface area contributed by atoms with Gasteiger partial charge in [0.25, 0.3) is 11.6 Å². The molecule has 13 heteroatoms. The number of hydrogen-bond acceptors (Lipinski definition) is 10. The topological polar surface area (TPSA) is 157 Å². The van der Waals surface area contributed by atoms with Crippen LogP contribution >= 0.6 is 11.8 Å². The minimum Gasteiger partial charge on any atom is -0.504 e. The van der Waals surface area contributed by atoms with Gasteiger partial charge >= 0.3 is 0 Å². The van der Waals surface area contributed by atoms with Gasteiger partial charge in [0.1, 0.15) is 0 Å². The van der Waals surface area contributed by atoms with E-state index in [4.69, 9.17) is 4.74 Å². The van der Waals surface area contributed by atoms with Gasteiger partial charge in [-0.1, -0.05) is 54.2 Å². The highest BCUT2D eigenvalue weighted by Gasteiger charge is 2.16. The van der Waals surface area contributed by atoms with Crippen molar-refractivity contribution in [3.63, 3.8) is 0 Å². The number of nitrogens with zero attached hydrogens (tertiary/aromatic N) is 5. The Hall–Kier alpha value is -4.91. The monoisotopic (exact) mass is 547 g/mol. The molecule has 0 bridgehead atoms. The Balaban J connectivity index is 1.38. The molecule has 0 fully saturated rings. The van der Waals surface area contributed by atoms with Gasteiger partial charge in [0.15, 0.2) is 22.5 Å². The van der Waals surface area contributed by atoms with E-state index in [2.05, 4.69) is 32.6 Å². The first-order valence-electron chi connectivity index (χ1n) is 11.7. The number of nitro groups is 1. The van der Waals surface area contributed by atoms with E-state index in [-0.39, 0.29) is 28.5 Å². The first-order valence-corrected chi connectivity index (χ1v) is 12.6. The number of nitrogens with one attached hydrogen (secondary N) is 2.